The highest BCUT2D eigenvalue weighted by molar-refractivity contribution is 8.00. The Morgan fingerprint density at radius 3 is 2.75 bits per heavy atom. The summed E-state index contributed by atoms with van der Waals surface area (Å²) < 4.78 is 0. The number of hydrogen-bond donors (Lipinski definition) is 1. The lowest BCUT2D eigenvalue weighted by Crippen LogP contribution is -2.43. The summed E-state index contributed by atoms with van der Waals surface area (Å²) in [5.41, 5.74) is 0.721. The molecule has 1 saturated heterocycles. The lowest BCUT2D eigenvalue weighted by atomic mass is 10.2. The van der Waals surface area contributed by atoms with Gasteiger partial charge in [0.15, 0.2) is 5.78 Å². The van der Waals surface area contributed by atoms with E-state index in [0.717, 1.165) is 18.8 Å². The Morgan fingerprint density at radius 2 is 2.19 bits per heavy atom. The molecule has 3 nitrogen and oxygen atoms in total. The van der Waals surface area contributed by atoms with E-state index >= 15 is 0 Å². The standard InChI is InChI=1S/C12H18N2OS/c1-9-6-14(7-10(2)16-9)8-12(15)11-4-3-5-13-11/h3-5,9-10,13H,6-8H2,1-2H3. The second-order valence-corrected chi connectivity index (χ2v) is 6.34. The van der Waals surface area contributed by atoms with Crippen LogP contribution in [0.2, 0.25) is 0 Å². The zero-order chi connectivity index (χ0) is 11.5. The Bertz CT molecular complexity index is 340. The van der Waals surface area contributed by atoms with Crippen LogP contribution in [0.1, 0.15) is 24.3 Å². The summed E-state index contributed by atoms with van der Waals surface area (Å²) in [4.78, 5) is 17.1. The Hall–Kier alpha value is -0.740. The first-order valence-electron chi connectivity index (χ1n) is 5.69. The minimum atomic E-state index is 0.191. The molecular formula is C12H18N2OS. The smallest absolute Gasteiger partial charge is 0.192 e. The summed E-state index contributed by atoms with van der Waals surface area (Å²) in [6.07, 6.45) is 1.80. The highest BCUT2D eigenvalue weighted by Crippen LogP contribution is 2.24. The molecule has 0 spiro atoms. The van der Waals surface area contributed by atoms with E-state index in [0.29, 0.717) is 17.0 Å². The van der Waals surface area contributed by atoms with Gasteiger partial charge in [0.25, 0.3) is 0 Å². The van der Waals surface area contributed by atoms with E-state index in [1.807, 2.05) is 23.9 Å². The van der Waals surface area contributed by atoms with Crippen molar-refractivity contribution in [3.05, 3.63) is 24.0 Å². The Balaban J connectivity index is 1.92. The molecule has 0 radical (unpaired) electrons. The molecule has 88 valence electrons. The van der Waals surface area contributed by atoms with Gasteiger partial charge in [-0.05, 0) is 12.1 Å². The number of nitrogens with one attached hydrogen (secondary N) is 1. The third-order valence-corrected chi connectivity index (χ3v) is 3.99. The van der Waals surface area contributed by atoms with E-state index in [9.17, 15) is 4.79 Å². The molecule has 16 heavy (non-hydrogen) atoms. The van der Waals surface area contributed by atoms with E-state index in [-0.39, 0.29) is 5.78 Å². The Labute approximate surface area is 101 Å². The van der Waals surface area contributed by atoms with Crippen molar-refractivity contribution in [2.75, 3.05) is 19.6 Å². The number of carbonyl (C=O) groups is 1. The third kappa shape index (κ3) is 2.89. The summed E-state index contributed by atoms with van der Waals surface area (Å²) in [5.74, 6) is 0.191. The first kappa shape index (κ1) is 11.7. The molecule has 0 amide bonds. The van der Waals surface area contributed by atoms with E-state index < -0.39 is 0 Å². The minimum Gasteiger partial charge on any atom is -0.359 e. The third-order valence-electron chi connectivity index (χ3n) is 2.76. The minimum absolute atomic E-state index is 0.191. The van der Waals surface area contributed by atoms with Crippen LogP contribution in [-0.2, 0) is 0 Å². The molecule has 2 rings (SSSR count). The van der Waals surface area contributed by atoms with Crippen LogP contribution in [0.3, 0.4) is 0 Å². The Morgan fingerprint density at radius 1 is 1.50 bits per heavy atom. The lowest BCUT2D eigenvalue weighted by Gasteiger charge is -2.33. The molecule has 1 aliphatic rings. The fraction of sp³-hybridized carbons (Fsp3) is 0.583. The first-order valence-corrected chi connectivity index (χ1v) is 6.64. The maximum atomic E-state index is 11.9. The number of thioether (sulfide) groups is 1. The highest BCUT2D eigenvalue weighted by Gasteiger charge is 2.24. The van der Waals surface area contributed by atoms with Crippen LogP contribution in [0, 0.1) is 0 Å². The van der Waals surface area contributed by atoms with Gasteiger partial charge in [0.05, 0.1) is 12.2 Å². The summed E-state index contributed by atoms with van der Waals surface area (Å²) in [6, 6.07) is 3.71. The number of hydrogen-bond acceptors (Lipinski definition) is 3. The van der Waals surface area contributed by atoms with Crippen LogP contribution in [0.5, 0.6) is 0 Å². The van der Waals surface area contributed by atoms with Crippen molar-refractivity contribution < 1.29 is 4.79 Å². The second-order valence-electron chi connectivity index (χ2n) is 4.46. The van der Waals surface area contributed by atoms with Gasteiger partial charge in [-0.15, -0.1) is 0 Å². The van der Waals surface area contributed by atoms with Gasteiger partial charge >= 0.3 is 0 Å². The molecule has 1 aromatic heterocycles. The number of aromatic nitrogens is 1. The van der Waals surface area contributed by atoms with Gasteiger partial charge in [-0.25, -0.2) is 0 Å². The van der Waals surface area contributed by atoms with Crippen molar-refractivity contribution in [1.82, 2.24) is 9.88 Å². The number of carbonyl (C=O) groups excluding carboxylic acids is 1. The highest BCUT2D eigenvalue weighted by atomic mass is 32.2. The molecule has 2 atom stereocenters. The van der Waals surface area contributed by atoms with Gasteiger partial charge in [-0.2, -0.15) is 11.8 Å². The molecule has 0 bridgehead atoms. The van der Waals surface area contributed by atoms with Crippen molar-refractivity contribution in [3.8, 4) is 0 Å². The molecule has 2 unspecified atom stereocenters. The monoisotopic (exact) mass is 238 g/mol. The SMILES string of the molecule is CC1CN(CC(=O)c2ccc[nH]2)CC(C)S1. The van der Waals surface area contributed by atoms with Gasteiger partial charge in [0.2, 0.25) is 0 Å². The number of aromatic amines is 1. The van der Waals surface area contributed by atoms with Crippen LogP contribution >= 0.6 is 11.8 Å². The molecule has 2 heterocycles. The van der Waals surface area contributed by atoms with Crippen molar-refractivity contribution in [2.24, 2.45) is 0 Å². The van der Waals surface area contributed by atoms with E-state index in [4.69, 9.17) is 0 Å². The molecule has 1 aliphatic heterocycles. The van der Waals surface area contributed by atoms with Gasteiger partial charge in [-0.3, -0.25) is 9.69 Å². The molecule has 4 heteroatoms. The molecule has 0 aliphatic carbocycles. The Kier molecular flexibility index (Phi) is 3.71. The maximum absolute atomic E-state index is 11.9. The van der Waals surface area contributed by atoms with Crippen molar-refractivity contribution >= 4 is 17.5 Å². The van der Waals surface area contributed by atoms with E-state index in [1.165, 1.54) is 0 Å². The van der Waals surface area contributed by atoms with Gasteiger partial charge in [0.1, 0.15) is 0 Å². The number of H-pyrrole nitrogens is 1. The molecule has 0 aromatic carbocycles. The zero-order valence-corrected chi connectivity index (χ0v) is 10.6. The fourth-order valence-electron chi connectivity index (χ4n) is 2.21. The molecule has 1 N–H and O–H groups in total. The topological polar surface area (TPSA) is 36.1 Å². The normalized spacial score (nSPS) is 26.9. The second kappa shape index (κ2) is 5.06. The molecule has 0 saturated carbocycles. The number of nitrogens with zero attached hydrogens (tertiary/aromatic N) is 1. The van der Waals surface area contributed by atoms with Crippen LogP contribution in [0.25, 0.3) is 0 Å². The lowest BCUT2D eigenvalue weighted by molar-refractivity contribution is 0.0925. The first-order chi connectivity index (χ1) is 7.65. The van der Waals surface area contributed by atoms with Gasteiger partial charge in [-0.1, -0.05) is 13.8 Å². The van der Waals surface area contributed by atoms with Crippen LogP contribution < -0.4 is 0 Å². The van der Waals surface area contributed by atoms with Gasteiger partial charge in [0, 0.05) is 29.8 Å². The van der Waals surface area contributed by atoms with Crippen molar-refractivity contribution in [3.63, 3.8) is 0 Å². The predicted octanol–water partition coefficient (Wildman–Crippen LogP) is 2.02. The molecule has 1 aromatic rings. The summed E-state index contributed by atoms with van der Waals surface area (Å²) in [5, 5.41) is 1.25. The number of Topliss-reactive ketones (excluding diaryl/α,β-unsaturated/α-hetero) is 1. The maximum Gasteiger partial charge on any atom is 0.192 e. The van der Waals surface area contributed by atoms with Gasteiger partial charge < -0.3 is 4.98 Å². The van der Waals surface area contributed by atoms with E-state index in [2.05, 4.69) is 23.7 Å². The van der Waals surface area contributed by atoms with Crippen molar-refractivity contribution in [1.29, 1.82) is 0 Å². The average molecular weight is 238 g/mol. The average Bonchev–Trinajstić information content (AvgIpc) is 2.68. The quantitative estimate of drug-likeness (QED) is 0.818. The molecular weight excluding hydrogens is 220 g/mol. The summed E-state index contributed by atoms with van der Waals surface area (Å²) in [6.45, 7) is 7.03. The predicted molar refractivity (Wildman–Crippen MR) is 68.1 cm³/mol. The van der Waals surface area contributed by atoms with Crippen LogP contribution in [0.15, 0.2) is 18.3 Å². The largest absolute Gasteiger partial charge is 0.359 e. The van der Waals surface area contributed by atoms with Crippen LogP contribution in [-0.4, -0.2) is 45.8 Å². The van der Waals surface area contributed by atoms with Crippen LogP contribution in [0.4, 0.5) is 0 Å². The fourth-order valence-corrected chi connectivity index (χ4v) is 3.59. The zero-order valence-electron chi connectivity index (χ0n) is 9.77. The van der Waals surface area contributed by atoms with Crippen molar-refractivity contribution in [2.45, 2.75) is 24.3 Å². The number of ketones is 1. The molecule has 1 fully saturated rings. The summed E-state index contributed by atoms with van der Waals surface area (Å²) in [7, 11) is 0. The summed E-state index contributed by atoms with van der Waals surface area (Å²) >= 11 is 2.01. The number of rotatable bonds is 3. The van der Waals surface area contributed by atoms with E-state index in [1.54, 1.807) is 6.20 Å².